The molecule has 1 aromatic rings. The molecule has 0 N–H and O–H groups in total. The normalized spacial score (nSPS) is 19.0. The Kier molecular flexibility index (Phi) is 4.66. The lowest BCUT2D eigenvalue weighted by Crippen LogP contribution is -2.49. The molecule has 0 unspecified atom stereocenters. The van der Waals surface area contributed by atoms with Crippen LogP contribution in [-0.4, -0.2) is 48.1 Å². The molecule has 0 aromatic heterocycles. The fourth-order valence-corrected chi connectivity index (χ4v) is 3.27. The first kappa shape index (κ1) is 16.0. The fraction of sp³-hybridized carbons (Fsp3) is 0.556. The third-order valence-electron chi connectivity index (χ3n) is 4.70. The van der Waals surface area contributed by atoms with E-state index in [0.29, 0.717) is 32.7 Å². The van der Waals surface area contributed by atoms with E-state index in [-0.39, 0.29) is 11.8 Å². The third-order valence-corrected chi connectivity index (χ3v) is 4.70. The maximum Gasteiger partial charge on any atom is 0.251 e. The van der Waals surface area contributed by atoms with E-state index in [9.17, 15) is 9.59 Å². The minimum atomic E-state index is -0.413. The van der Waals surface area contributed by atoms with E-state index in [2.05, 4.69) is 0 Å². The monoisotopic (exact) mass is 316 g/mol. The molecule has 5 nitrogen and oxygen atoms in total. The van der Waals surface area contributed by atoms with Crippen LogP contribution >= 0.6 is 0 Å². The molecule has 2 amide bonds. The fourth-order valence-electron chi connectivity index (χ4n) is 3.27. The van der Waals surface area contributed by atoms with Crippen molar-refractivity contribution in [1.82, 2.24) is 10.0 Å². The van der Waals surface area contributed by atoms with E-state index < -0.39 is 5.41 Å². The van der Waals surface area contributed by atoms with Gasteiger partial charge in [-0.25, -0.2) is 0 Å². The highest BCUT2D eigenvalue weighted by Gasteiger charge is 2.54. The highest BCUT2D eigenvalue weighted by molar-refractivity contribution is 5.93. The summed E-state index contributed by atoms with van der Waals surface area (Å²) in [5, 5.41) is 3.30. The van der Waals surface area contributed by atoms with E-state index in [1.165, 1.54) is 0 Å². The average Bonchev–Trinajstić information content (AvgIpc) is 3.25. The van der Waals surface area contributed by atoms with Crippen LogP contribution in [0.5, 0.6) is 0 Å². The summed E-state index contributed by atoms with van der Waals surface area (Å²) in [7, 11) is 0. The van der Waals surface area contributed by atoms with Crippen molar-refractivity contribution >= 4 is 11.8 Å². The second-order valence-corrected chi connectivity index (χ2v) is 6.19. The van der Waals surface area contributed by atoms with Crippen LogP contribution in [0.2, 0.25) is 0 Å². The SMILES string of the molecule is CCOCCC(=O)N1CCCN1C(=O)C1(c2ccccc2)CC1. The second kappa shape index (κ2) is 6.71. The molecule has 0 spiro atoms. The molecule has 1 aliphatic heterocycles. The Morgan fingerprint density at radius 3 is 2.48 bits per heavy atom. The molecule has 1 saturated carbocycles. The molecule has 1 aromatic carbocycles. The Hall–Kier alpha value is -1.88. The zero-order valence-corrected chi connectivity index (χ0v) is 13.7. The number of hydrogen-bond acceptors (Lipinski definition) is 3. The van der Waals surface area contributed by atoms with Gasteiger partial charge in [0.15, 0.2) is 0 Å². The van der Waals surface area contributed by atoms with Gasteiger partial charge >= 0.3 is 0 Å². The van der Waals surface area contributed by atoms with Crippen LogP contribution in [0, 0.1) is 0 Å². The predicted molar refractivity (Wildman–Crippen MR) is 86.5 cm³/mol. The lowest BCUT2D eigenvalue weighted by atomic mass is 9.95. The van der Waals surface area contributed by atoms with Gasteiger partial charge in [-0.1, -0.05) is 30.3 Å². The van der Waals surface area contributed by atoms with Gasteiger partial charge in [0.25, 0.3) is 5.91 Å². The molecule has 2 aliphatic rings. The quantitative estimate of drug-likeness (QED) is 0.755. The summed E-state index contributed by atoms with van der Waals surface area (Å²) in [6.07, 6.45) is 2.91. The van der Waals surface area contributed by atoms with Crippen LogP contribution in [0.1, 0.15) is 38.2 Å². The lowest BCUT2D eigenvalue weighted by Gasteiger charge is -2.31. The number of ether oxygens (including phenoxy) is 1. The predicted octanol–water partition coefficient (Wildman–Crippen LogP) is 2.12. The average molecular weight is 316 g/mol. The number of amides is 2. The molecule has 1 saturated heterocycles. The highest BCUT2D eigenvalue weighted by atomic mass is 16.5. The molecule has 23 heavy (non-hydrogen) atoms. The van der Waals surface area contributed by atoms with Gasteiger partial charge < -0.3 is 4.74 Å². The van der Waals surface area contributed by atoms with Gasteiger partial charge in [-0.2, -0.15) is 0 Å². The summed E-state index contributed by atoms with van der Waals surface area (Å²) in [6.45, 7) is 4.19. The van der Waals surface area contributed by atoms with Crippen molar-refractivity contribution in [1.29, 1.82) is 0 Å². The lowest BCUT2D eigenvalue weighted by molar-refractivity contribution is -0.160. The van der Waals surface area contributed by atoms with Crippen molar-refractivity contribution in [3.05, 3.63) is 35.9 Å². The van der Waals surface area contributed by atoms with Crippen LogP contribution in [-0.2, 0) is 19.7 Å². The van der Waals surface area contributed by atoms with E-state index in [1.807, 2.05) is 37.3 Å². The van der Waals surface area contributed by atoms with Crippen LogP contribution in [0.15, 0.2) is 30.3 Å². The zero-order valence-electron chi connectivity index (χ0n) is 13.7. The van der Waals surface area contributed by atoms with Gasteiger partial charge in [-0.3, -0.25) is 19.6 Å². The number of nitrogens with zero attached hydrogens (tertiary/aromatic N) is 2. The van der Waals surface area contributed by atoms with Crippen LogP contribution in [0.4, 0.5) is 0 Å². The van der Waals surface area contributed by atoms with Crippen molar-refractivity contribution in [2.75, 3.05) is 26.3 Å². The molecular formula is C18H24N2O3. The van der Waals surface area contributed by atoms with Crippen LogP contribution < -0.4 is 0 Å². The number of hydrazine groups is 1. The minimum absolute atomic E-state index is 0.0202. The first-order chi connectivity index (χ1) is 11.2. The topological polar surface area (TPSA) is 49.9 Å². The Labute approximate surface area is 137 Å². The summed E-state index contributed by atoms with van der Waals surface area (Å²) in [5.74, 6) is 0.0547. The van der Waals surface area contributed by atoms with E-state index in [4.69, 9.17) is 4.74 Å². The summed E-state index contributed by atoms with van der Waals surface area (Å²) in [6, 6.07) is 9.93. The van der Waals surface area contributed by atoms with Crippen molar-refractivity contribution in [2.45, 2.75) is 38.0 Å². The molecule has 124 valence electrons. The number of hydrogen-bond donors (Lipinski definition) is 0. The van der Waals surface area contributed by atoms with Crippen molar-refractivity contribution in [3.8, 4) is 0 Å². The minimum Gasteiger partial charge on any atom is -0.381 e. The summed E-state index contributed by atoms with van der Waals surface area (Å²) >= 11 is 0. The molecule has 0 radical (unpaired) electrons. The number of carbonyl (C=O) groups excluding carboxylic acids is 2. The van der Waals surface area contributed by atoms with Gasteiger partial charge in [-0.05, 0) is 31.7 Å². The van der Waals surface area contributed by atoms with Crippen LogP contribution in [0.3, 0.4) is 0 Å². The van der Waals surface area contributed by atoms with Crippen molar-refractivity contribution < 1.29 is 14.3 Å². The molecule has 0 atom stereocenters. The highest BCUT2D eigenvalue weighted by Crippen LogP contribution is 2.50. The van der Waals surface area contributed by atoms with Gasteiger partial charge in [0.05, 0.1) is 18.4 Å². The van der Waals surface area contributed by atoms with Crippen molar-refractivity contribution in [3.63, 3.8) is 0 Å². The molecule has 1 aliphatic carbocycles. The molecular weight excluding hydrogens is 292 g/mol. The number of benzene rings is 1. The second-order valence-electron chi connectivity index (χ2n) is 6.19. The van der Waals surface area contributed by atoms with Gasteiger partial charge in [0.2, 0.25) is 5.91 Å². The zero-order chi connectivity index (χ0) is 16.3. The Balaban J connectivity index is 1.70. The first-order valence-corrected chi connectivity index (χ1v) is 8.44. The van der Waals surface area contributed by atoms with Gasteiger partial charge in [-0.15, -0.1) is 0 Å². The van der Waals surface area contributed by atoms with E-state index in [1.54, 1.807) is 10.0 Å². The molecule has 1 heterocycles. The maximum absolute atomic E-state index is 13.1. The molecule has 3 rings (SSSR count). The summed E-state index contributed by atoms with van der Waals surface area (Å²) in [4.78, 5) is 25.4. The Morgan fingerprint density at radius 2 is 1.83 bits per heavy atom. The molecule has 2 fully saturated rings. The first-order valence-electron chi connectivity index (χ1n) is 8.44. The maximum atomic E-state index is 13.1. The number of rotatable bonds is 6. The van der Waals surface area contributed by atoms with Gasteiger partial charge in [0.1, 0.15) is 0 Å². The summed E-state index contributed by atoms with van der Waals surface area (Å²) in [5.41, 5.74) is 0.656. The largest absolute Gasteiger partial charge is 0.381 e. The van der Waals surface area contributed by atoms with E-state index in [0.717, 1.165) is 24.8 Å². The standard InChI is InChI=1S/C18H24N2O3/c1-2-23-14-9-16(21)19-12-6-13-20(19)17(22)18(10-11-18)15-7-4-3-5-8-15/h3-5,7-8H,2,6,9-14H2,1H3. The van der Waals surface area contributed by atoms with Crippen molar-refractivity contribution in [2.24, 2.45) is 0 Å². The van der Waals surface area contributed by atoms with Crippen LogP contribution in [0.25, 0.3) is 0 Å². The smallest absolute Gasteiger partial charge is 0.251 e. The van der Waals surface area contributed by atoms with E-state index >= 15 is 0 Å². The third kappa shape index (κ3) is 3.11. The van der Waals surface area contributed by atoms with Gasteiger partial charge in [0, 0.05) is 19.7 Å². The Bertz CT molecular complexity index is 569. The Morgan fingerprint density at radius 1 is 1.13 bits per heavy atom. The molecule has 0 bridgehead atoms. The summed E-state index contributed by atoms with van der Waals surface area (Å²) < 4.78 is 5.26. The number of carbonyl (C=O) groups is 2. The molecule has 5 heteroatoms.